The average Bonchev–Trinajstić information content (AvgIpc) is 3.14. The van der Waals surface area contributed by atoms with E-state index in [1.54, 1.807) is 12.4 Å². The number of hydrogen-bond acceptors (Lipinski definition) is 3. The number of aromatic amines is 1. The van der Waals surface area contributed by atoms with Crippen molar-refractivity contribution in [2.45, 2.75) is 20.3 Å². The van der Waals surface area contributed by atoms with E-state index in [1.165, 1.54) is 0 Å². The number of aryl methyl sites for hydroxylation is 2. The summed E-state index contributed by atoms with van der Waals surface area (Å²) in [6, 6.07) is 11.7. The van der Waals surface area contributed by atoms with Crippen molar-refractivity contribution >= 4 is 16.7 Å². The van der Waals surface area contributed by atoms with Gasteiger partial charge in [0, 0.05) is 35.6 Å². The van der Waals surface area contributed by atoms with Gasteiger partial charge in [-0.25, -0.2) is 9.37 Å². The lowest BCUT2D eigenvalue weighted by Gasteiger charge is -2.19. The van der Waals surface area contributed by atoms with Gasteiger partial charge in [0.05, 0.1) is 11.0 Å². The lowest BCUT2D eigenvalue weighted by Crippen LogP contribution is -2.18. The Hall–Kier alpha value is -3.34. The first-order valence-electron chi connectivity index (χ1n) is 9.36. The Labute approximate surface area is 162 Å². The SMILES string of the molecule is Cc1ccncc1-c1ccc2c(c1F)C(c1nc3c(C)cccc3[nH]1)=NCC2. The van der Waals surface area contributed by atoms with E-state index in [4.69, 9.17) is 4.98 Å². The van der Waals surface area contributed by atoms with Crippen LogP contribution in [0.4, 0.5) is 4.39 Å². The normalized spacial score (nSPS) is 13.5. The highest BCUT2D eigenvalue weighted by Crippen LogP contribution is 2.32. The average molecular weight is 370 g/mol. The molecule has 1 N–H and O–H groups in total. The molecule has 0 radical (unpaired) electrons. The maximum Gasteiger partial charge on any atom is 0.157 e. The number of para-hydroxylation sites is 1. The molecule has 0 atom stereocenters. The molecule has 138 valence electrons. The van der Waals surface area contributed by atoms with Crippen LogP contribution in [0.1, 0.15) is 28.1 Å². The Morgan fingerprint density at radius 1 is 1.00 bits per heavy atom. The van der Waals surface area contributed by atoms with Crippen LogP contribution >= 0.6 is 0 Å². The second-order valence-corrected chi connectivity index (χ2v) is 7.19. The molecule has 0 amide bonds. The number of nitrogens with zero attached hydrogens (tertiary/aromatic N) is 3. The maximum atomic E-state index is 15.7. The fourth-order valence-electron chi connectivity index (χ4n) is 3.88. The molecule has 2 aromatic heterocycles. The molecule has 4 aromatic rings. The van der Waals surface area contributed by atoms with Crippen molar-refractivity contribution in [3.8, 4) is 11.1 Å². The van der Waals surface area contributed by atoms with Crippen LogP contribution in [0.3, 0.4) is 0 Å². The molecular formula is C23H19FN4. The molecular weight excluding hydrogens is 351 g/mol. The van der Waals surface area contributed by atoms with Gasteiger partial charge >= 0.3 is 0 Å². The van der Waals surface area contributed by atoms with Crippen LogP contribution in [-0.2, 0) is 6.42 Å². The fourth-order valence-corrected chi connectivity index (χ4v) is 3.88. The number of nitrogens with one attached hydrogen (secondary N) is 1. The second kappa shape index (κ2) is 6.37. The predicted molar refractivity (Wildman–Crippen MR) is 109 cm³/mol. The van der Waals surface area contributed by atoms with Gasteiger partial charge in [-0.15, -0.1) is 0 Å². The molecule has 0 unspecified atom stereocenters. The first-order valence-corrected chi connectivity index (χ1v) is 9.36. The minimum atomic E-state index is -0.260. The van der Waals surface area contributed by atoms with Gasteiger partial charge in [0.15, 0.2) is 5.82 Å². The number of halogens is 1. The molecule has 28 heavy (non-hydrogen) atoms. The monoisotopic (exact) mass is 370 g/mol. The standard InChI is InChI=1S/C23H19FN4/c1-13-8-10-25-12-17(13)16-7-6-15-9-11-26-22(19(15)20(16)24)23-27-18-5-3-4-14(2)21(18)28-23/h3-8,10,12H,9,11H2,1-2H3,(H,27,28). The molecule has 0 fully saturated rings. The minimum Gasteiger partial charge on any atom is -0.337 e. The van der Waals surface area contributed by atoms with E-state index in [9.17, 15) is 0 Å². The van der Waals surface area contributed by atoms with Crippen molar-refractivity contribution in [3.05, 3.63) is 82.7 Å². The van der Waals surface area contributed by atoms with Crippen molar-refractivity contribution in [2.75, 3.05) is 6.54 Å². The summed E-state index contributed by atoms with van der Waals surface area (Å²) in [5, 5.41) is 0. The highest BCUT2D eigenvalue weighted by molar-refractivity contribution is 6.14. The van der Waals surface area contributed by atoms with Crippen molar-refractivity contribution in [1.82, 2.24) is 15.0 Å². The summed E-state index contributed by atoms with van der Waals surface area (Å²) in [6.07, 6.45) is 4.16. The van der Waals surface area contributed by atoms with Gasteiger partial charge in [-0.2, -0.15) is 0 Å². The lowest BCUT2D eigenvalue weighted by molar-refractivity contribution is 0.624. The summed E-state index contributed by atoms with van der Waals surface area (Å²) in [4.78, 5) is 16.9. The summed E-state index contributed by atoms with van der Waals surface area (Å²) in [7, 11) is 0. The fraction of sp³-hybridized carbons (Fsp3) is 0.174. The van der Waals surface area contributed by atoms with E-state index in [1.807, 2.05) is 50.2 Å². The maximum absolute atomic E-state index is 15.7. The molecule has 5 heteroatoms. The van der Waals surface area contributed by atoms with Crippen LogP contribution in [0.25, 0.3) is 22.2 Å². The number of imidazole rings is 1. The zero-order chi connectivity index (χ0) is 19.3. The Kier molecular flexibility index (Phi) is 3.83. The van der Waals surface area contributed by atoms with E-state index < -0.39 is 0 Å². The molecule has 1 aliphatic rings. The highest BCUT2D eigenvalue weighted by atomic mass is 19.1. The first kappa shape index (κ1) is 16.8. The van der Waals surface area contributed by atoms with Gasteiger partial charge in [0.25, 0.3) is 0 Å². The van der Waals surface area contributed by atoms with Gasteiger partial charge in [-0.1, -0.05) is 24.3 Å². The highest BCUT2D eigenvalue weighted by Gasteiger charge is 2.25. The number of rotatable bonds is 2. The molecule has 0 spiro atoms. The van der Waals surface area contributed by atoms with Gasteiger partial charge < -0.3 is 4.98 Å². The minimum absolute atomic E-state index is 0.260. The van der Waals surface area contributed by atoms with Crippen LogP contribution in [0.5, 0.6) is 0 Å². The third kappa shape index (κ3) is 2.54. The third-order valence-electron chi connectivity index (χ3n) is 5.38. The van der Waals surface area contributed by atoms with Crippen LogP contribution in [0.2, 0.25) is 0 Å². The van der Waals surface area contributed by atoms with Crippen LogP contribution in [-0.4, -0.2) is 27.2 Å². The topological polar surface area (TPSA) is 53.9 Å². The lowest BCUT2D eigenvalue weighted by atomic mass is 9.91. The Morgan fingerprint density at radius 3 is 2.71 bits per heavy atom. The molecule has 1 aliphatic heterocycles. The number of pyridine rings is 1. The molecule has 5 rings (SSSR count). The van der Waals surface area contributed by atoms with E-state index in [-0.39, 0.29) is 5.82 Å². The Bertz CT molecular complexity index is 1250. The van der Waals surface area contributed by atoms with E-state index in [2.05, 4.69) is 15.0 Å². The second-order valence-electron chi connectivity index (χ2n) is 7.19. The number of benzene rings is 2. The van der Waals surface area contributed by atoms with Crippen molar-refractivity contribution in [1.29, 1.82) is 0 Å². The third-order valence-corrected chi connectivity index (χ3v) is 5.38. The first-order chi connectivity index (χ1) is 13.6. The Morgan fingerprint density at radius 2 is 1.89 bits per heavy atom. The zero-order valence-electron chi connectivity index (χ0n) is 15.8. The van der Waals surface area contributed by atoms with Gasteiger partial charge in [0.1, 0.15) is 11.5 Å². The number of hydrogen-bond donors (Lipinski definition) is 1. The van der Waals surface area contributed by atoms with E-state index in [0.29, 0.717) is 29.2 Å². The number of fused-ring (bicyclic) bond motifs is 2. The quantitative estimate of drug-likeness (QED) is 0.552. The van der Waals surface area contributed by atoms with E-state index >= 15 is 4.39 Å². The smallest absolute Gasteiger partial charge is 0.157 e. The van der Waals surface area contributed by atoms with Crippen molar-refractivity contribution in [3.63, 3.8) is 0 Å². The largest absolute Gasteiger partial charge is 0.337 e. The number of aliphatic imine (C=N–C) groups is 1. The Balaban J connectivity index is 1.71. The summed E-state index contributed by atoms with van der Waals surface area (Å²) < 4.78 is 15.7. The van der Waals surface area contributed by atoms with Crippen LogP contribution in [0.15, 0.2) is 53.8 Å². The molecule has 4 nitrogen and oxygen atoms in total. The zero-order valence-corrected chi connectivity index (χ0v) is 15.8. The summed E-state index contributed by atoms with van der Waals surface area (Å²) >= 11 is 0. The molecule has 0 saturated heterocycles. The van der Waals surface area contributed by atoms with Crippen LogP contribution < -0.4 is 0 Å². The molecule has 0 aliphatic carbocycles. The van der Waals surface area contributed by atoms with Gasteiger partial charge in [0.2, 0.25) is 0 Å². The predicted octanol–water partition coefficient (Wildman–Crippen LogP) is 4.77. The summed E-state index contributed by atoms with van der Waals surface area (Å²) in [5.74, 6) is 0.355. The van der Waals surface area contributed by atoms with Gasteiger partial charge in [-0.3, -0.25) is 9.98 Å². The van der Waals surface area contributed by atoms with Gasteiger partial charge in [-0.05, 0) is 49.1 Å². The van der Waals surface area contributed by atoms with Crippen LogP contribution in [0, 0.1) is 19.7 Å². The molecule has 0 bridgehead atoms. The molecule has 0 saturated carbocycles. The molecule has 3 heterocycles. The van der Waals surface area contributed by atoms with Crippen molar-refractivity contribution < 1.29 is 4.39 Å². The van der Waals surface area contributed by atoms with Crippen molar-refractivity contribution in [2.24, 2.45) is 4.99 Å². The molecule has 2 aromatic carbocycles. The summed E-state index contributed by atoms with van der Waals surface area (Å²) in [5.41, 5.74) is 7.35. The number of H-pyrrole nitrogens is 1. The number of aromatic nitrogens is 3. The summed E-state index contributed by atoms with van der Waals surface area (Å²) in [6.45, 7) is 4.61. The van der Waals surface area contributed by atoms with E-state index in [0.717, 1.165) is 39.7 Å².